The van der Waals surface area contributed by atoms with Crippen molar-refractivity contribution < 1.29 is 9.53 Å². The molecule has 0 atom stereocenters. The lowest BCUT2D eigenvalue weighted by atomic mass is 10.1. The Hall–Kier alpha value is -1.84. The minimum Gasteiger partial charge on any atom is -0.494 e. The summed E-state index contributed by atoms with van der Waals surface area (Å²) in [6.45, 7) is 5.04. The Morgan fingerprint density at radius 1 is 0.960 bits per heavy atom. The molecule has 0 radical (unpaired) electrons. The summed E-state index contributed by atoms with van der Waals surface area (Å²) >= 11 is 0. The second-order valence-electron chi connectivity index (χ2n) is 6.44. The fourth-order valence-electron chi connectivity index (χ4n) is 2.52. The molecule has 1 aromatic rings. The van der Waals surface area contributed by atoms with E-state index in [2.05, 4.69) is 24.4 Å². The largest absolute Gasteiger partial charge is 0.494 e. The van der Waals surface area contributed by atoms with Crippen LogP contribution >= 0.6 is 0 Å². The second kappa shape index (κ2) is 14.5. The highest BCUT2D eigenvalue weighted by molar-refractivity contribution is 5.82. The molecule has 25 heavy (non-hydrogen) atoms. The highest BCUT2D eigenvalue weighted by atomic mass is 16.5. The van der Waals surface area contributed by atoms with Gasteiger partial charge in [0.1, 0.15) is 5.75 Å². The molecule has 0 unspecified atom stereocenters. The van der Waals surface area contributed by atoms with Crippen LogP contribution in [0.5, 0.6) is 5.75 Å². The van der Waals surface area contributed by atoms with E-state index in [0.29, 0.717) is 6.42 Å². The summed E-state index contributed by atoms with van der Waals surface area (Å²) in [6, 6.07) is 7.69. The molecule has 1 N–H and O–H groups in total. The third kappa shape index (κ3) is 11.4. The number of carbonyl (C=O) groups excluding carboxylic acids is 1. The normalized spacial score (nSPS) is 11.0. The molecule has 140 valence electrons. The summed E-state index contributed by atoms with van der Waals surface area (Å²) in [5.74, 6) is 0.850. The number of nitrogens with one attached hydrogen (secondary N) is 1. The van der Waals surface area contributed by atoms with Crippen LogP contribution in [0.2, 0.25) is 0 Å². The zero-order valence-corrected chi connectivity index (χ0v) is 15.9. The van der Waals surface area contributed by atoms with Gasteiger partial charge in [-0.3, -0.25) is 4.79 Å². The summed E-state index contributed by atoms with van der Waals surface area (Å²) in [5, 5.41) is 4.02. The standard InChI is InChI=1S/C21H34N2O2/c1-3-5-6-7-8-9-10-11-12-21(24)23-22-18-19-13-15-20(16-14-19)25-17-4-2/h13-16,18H,3-12,17H2,1-2H3,(H,23,24). The van der Waals surface area contributed by atoms with Crippen LogP contribution in [0.25, 0.3) is 0 Å². The van der Waals surface area contributed by atoms with Gasteiger partial charge in [-0.15, -0.1) is 0 Å². The molecule has 0 saturated heterocycles. The molecule has 0 fully saturated rings. The number of amides is 1. The summed E-state index contributed by atoms with van der Waals surface area (Å²) < 4.78 is 5.53. The molecule has 1 rings (SSSR count). The van der Waals surface area contributed by atoms with Crippen molar-refractivity contribution in [1.29, 1.82) is 0 Å². The number of rotatable bonds is 14. The quantitative estimate of drug-likeness (QED) is 0.276. The Bertz CT molecular complexity index is 483. The fraction of sp³-hybridized carbons (Fsp3) is 0.619. The van der Waals surface area contributed by atoms with E-state index in [1.165, 1.54) is 38.5 Å². The lowest BCUT2D eigenvalue weighted by Gasteiger charge is -2.04. The smallest absolute Gasteiger partial charge is 0.240 e. The van der Waals surface area contributed by atoms with Crippen LogP contribution in [0.3, 0.4) is 0 Å². The molecule has 0 spiro atoms. The van der Waals surface area contributed by atoms with E-state index in [9.17, 15) is 4.79 Å². The average molecular weight is 347 g/mol. The molecule has 4 nitrogen and oxygen atoms in total. The van der Waals surface area contributed by atoms with Crippen molar-refractivity contribution in [3.8, 4) is 5.75 Å². The number of carbonyl (C=O) groups is 1. The molecular weight excluding hydrogens is 312 g/mol. The van der Waals surface area contributed by atoms with Gasteiger partial charge in [-0.2, -0.15) is 5.10 Å². The first kappa shape index (κ1) is 21.2. The average Bonchev–Trinajstić information content (AvgIpc) is 2.63. The van der Waals surface area contributed by atoms with E-state index >= 15 is 0 Å². The molecule has 0 aliphatic heterocycles. The number of benzene rings is 1. The monoisotopic (exact) mass is 346 g/mol. The zero-order valence-electron chi connectivity index (χ0n) is 15.9. The van der Waals surface area contributed by atoms with Crippen LogP contribution in [0.1, 0.15) is 83.6 Å². The fourth-order valence-corrected chi connectivity index (χ4v) is 2.52. The van der Waals surface area contributed by atoms with Gasteiger partial charge in [0, 0.05) is 6.42 Å². The van der Waals surface area contributed by atoms with Crippen LogP contribution in [0.15, 0.2) is 29.4 Å². The maximum Gasteiger partial charge on any atom is 0.240 e. The Balaban J connectivity index is 2.09. The zero-order chi connectivity index (χ0) is 18.2. The second-order valence-corrected chi connectivity index (χ2v) is 6.44. The van der Waals surface area contributed by atoms with Gasteiger partial charge in [0.25, 0.3) is 0 Å². The lowest BCUT2D eigenvalue weighted by molar-refractivity contribution is -0.121. The van der Waals surface area contributed by atoms with Crippen molar-refractivity contribution in [2.45, 2.75) is 78.1 Å². The SMILES string of the molecule is CCCCCCCCCCC(=O)NN=Cc1ccc(OCCC)cc1. The van der Waals surface area contributed by atoms with Crippen molar-refractivity contribution in [2.75, 3.05) is 6.61 Å². The van der Waals surface area contributed by atoms with Crippen LogP contribution < -0.4 is 10.2 Å². The van der Waals surface area contributed by atoms with Gasteiger partial charge < -0.3 is 4.74 Å². The van der Waals surface area contributed by atoms with Gasteiger partial charge >= 0.3 is 0 Å². The molecule has 0 aromatic heterocycles. The Kier molecular flexibility index (Phi) is 12.3. The van der Waals surface area contributed by atoms with Gasteiger partial charge in [-0.1, -0.05) is 58.8 Å². The highest BCUT2D eigenvalue weighted by Gasteiger charge is 1.99. The van der Waals surface area contributed by atoms with Gasteiger partial charge in [0.15, 0.2) is 0 Å². The van der Waals surface area contributed by atoms with E-state index in [-0.39, 0.29) is 5.91 Å². The van der Waals surface area contributed by atoms with E-state index in [4.69, 9.17) is 4.74 Å². The predicted octanol–water partition coefficient (Wildman–Crippen LogP) is 5.46. The van der Waals surface area contributed by atoms with Gasteiger partial charge in [0.05, 0.1) is 12.8 Å². The first-order valence-corrected chi connectivity index (χ1v) is 9.81. The first-order chi connectivity index (χ1) is 12.3. The van der Waals surface area contributed by atoms with Crippen LogP contribution in [-0.4, -0.2) is 18.7 Å². The molecule has 1 aromatic carbocycles. The van der Waals surface area contributed by atoms with Crippen LogP contribution in [0.4, 0.5) is 0 Å². The highest BCUT2D eigenvalue weighted by Crippen LogP contribution is 2.11. The van der Waals surface area contributed by atoms with Crippen molar-refractivity contribution >= 4 is 12.1 Å². The maximum atomic E-state index is 11.7. The molecule has 0 heterocycles. The molecule has 1 amide bonds. The Labute approximate surface area is 153 Å². The maximum absolute atomic E-state index is 11.7. The topological polar surface area (TPSA) is 50.7 Å². The van der Waals surface area contributed by atoms with E-state index in [1.54, 1.807) is 6.21 Å². The third-order valence-corrected chi connectivity index (χ3v) is 4.01. The molecule has 0 aliphatic carbocycles. The Morgan fingerprint density at radius 3 is 2.24 bits per heavy atom. The summed E-state index contributed by atoms with van der Waals surface area (Å²) in [4.78, 5) is 11.7. The molecule has 4 heteroatoms. The van der Waals surface area contributed by atoms with Crippen LogP contribution in [0, 0.1) is 0 Å². The third-order valence-electron chi connectivity index (χ3n) is 4.01. The van der Waals surface area contributed by atoms with Crippen LogP contribution in [-0.2, 0) is 4.79 Å². The predicted molar refractivity (Wildman–Crippen MR) is 105 cm³/mol. The van der Waals surface area contributed by atoms with E-state index < -0.39 is 0 Å². The minimum absolute atomic E-state index is 0.00914. The molecule has 0 bridgehead atoms. The summed E-state index contributed by atoms with van der Waals surface area (Å²) in [5.41, 5.74) is 3.54. The number of unbranched alkanes of at least 4 members (excludes halogenated alkanes) is 7. The minimum atomic E-state index is -0.00914. The van der Waals surface area contributed by atoms with Gasteiger partial charge in [-0.25, -0.2) is 5.43 Å². The van der Waals surface area contributed by atoms with Crippen molar-refractivity contribution in [1.82, 2.24) is 5.43 Å². The number of hydrogen-bond donors (Lipinski definition) is 1. The van der Waals surface area contributed by atoms with Crippen molar-refractivity contribution in [2.24, 2.45) is 5.10 Å². The van der Waals surface area contributed by atoms with Gasteiger partial charge in [-0.05, 0) is 42.7 Å². The first-order valence-electron chi connectivity index (χ1n) is 9.81. The Morgan fingerprint density at radius 2 is 1.60 bits per heavy atom. The van der Waals surface area contributed by atoms with Crippen molar-refractivity contribution in [3.63, 3.8) is 0 Å². The van der Waals surface area contributed by atoms with Gasteiger partial charge in [0.2, 0.25) is 5.91 Å². The molecular formula is C21H34N2O2. The number of nitrogens with zero attached hydrogens (tertiary/aromatic N) is 1. The van der Waals surface area contributed by atoms with Crippen molar-refractivity contribution in [3.05, 3.63) is 29.8 Å². The number of hydrazone groups is 1. The molecule has 0 saturated carbocycles. The van der Waals surface area contributed by atoms with E-state index in [1.807, 2.05) is 24.3 Å². The number of hydrogen-bond acceptors (Lipinski definition) is 3. The molecule has 0 aliphatic rings. The van der Waals surface area contributed by atoms with E-state index in [0.717, 1.165) is 37.2 Å². The summed E-state index contributed by atoms with van der Waals surface area (Å²) in [6.07, 6.45) is 13.1. The summed E-state index contributed by atoms with van der Waals surface area (Å²) in [7, 11) is 0. The lowest BCUT2D eigenvalue weighted by Crippen LogP contribution is -2.16. The number of ether oxygens (including phenoxy) is 1.